The molecule has 2 aromatic rings. The first-order valence-corrected chi connectivity index (χ1v) is 12.5. The van der Waals surface area contributed by atoms with Crippen molar-refractivity contribution >= 4 is 23.4 Å². The first kappa shape index (κ1) is 24.1. The highest BCUT2D eigenvalue weighted by Gasteiger charge is 2.54. The van der Waals surface area contributed by atoms with Gasteiger partial charge >= 0.3 is 0 Å². The molecule has 9 nitrogen and oxygen atoms in total. The predicted molar refractivity (Wildman–Crippen MR) is 133 cm³/mol. The first-order valence-electron chi connectivity index (χ1n) is 12.5. The lowest BCUT2D eigenvalue weighted by atomic mass is 9.85. The highest BCUT2D eigenvalue weighted by Crippen LogP contribution is 2.39. The van der Waals surface area contributed by atoms with Gasteiger partial charge in [0.2, 0.25) is 5.91 Å². The summed E-state index contributed by atoms with van der Waals surface area (Å²) in [6, 6.07) is 19.1. The van der Waals surface area contributed by atoms with Gasteiger partial charge in [-0.05, 0) is 37.1 Å². The van der Waals surface area contributed by atoms with E-state index in [4.69, 9.17) is 9.47 Å². The summed E-state index contributed by atoms with van der Waals surface area (Å²) in [7, 11) is 0. The van der Waals surface area contributed by atoms with Crippen LogP contribution in [0.5, 0.6) is 5.75 Å². The number of anilines is 1. The summed E-state index contributed by atoms with van der Waals surface area (Å²) in [5.41, 5.74) is 0.170. The average Bonchev–Trinajstić information content (AvgIpc) is 3.19. The van der Waals surface area contributed by atoms with Crippen molar-refractivity contribution in [3.63, 3.8) is 0 Å². The molecule has 0 radical (unpaired) electrons. The molecule has 0 aromatic heterocycles. The minimum absolute atomic E-state index is 0.0342. The van der Waals surface area contributed by atoms with E-state index < -0.39 is 5.54 Å². The van der Waals surface area contributed by atoms with Gasteiger partial charge < -0.3 is 29.1 Å². The molecule has 3 heterocycles. The van der Waals surface area contributed by atoms with E-state index in [-0.39, 0.29) is 30.9 Å². The van der Waals surface area contributed by atoms with Crippen LogP contribution in [0.4, 0.5) is 5.69 Å². The second-order valence-corrected chi connectivity index (χ2v) is 9.42. The molecule has 0 N–H and O–H groups in total. The van der Waals surface area contributed by atoms with E-state index in [9.17, 15) is 14.4 Å². The molecule has 3 saturated heterocycles. The number of para-hydroxylation sites is 2. The zero-order valence-electron chi connectivity index (χ0n) is 20.4. The molecule has 3 fully saturated rings. The Kier molecular flexibility index (Phi) is 7.09. The van der Waals surface area contributed by atoms with Crippen LogP contribution < -0.4 is 9.64 Å². The number of carbonyl (C=O) groups is 3. The second-order valence-electron chi connectivity index (χ2n) is 9.42. The molecule has 36 heavy (non-hydrogen) atoms. The minimum atomic E-state index is -0.774. The number of carbonyl (C=O) groups excluding carboxylic acids is 3. The molecule has 0 aliphatic carbocycles. The van der Waals surface area contributed by atoms with Crippen molar-refractivity contribution in [2.75, 3.05) is 64.1 Å². The number of likely N-dealkylation sites (tertiary alicyclic amines) is 1. The molecule has 5 rings (SSSR count). The number of nitrogens with zero attached hydrogens (tertiary/aromatic N) is 4. The monoisotopic (exact) mass is 492 g/mol. The van der Waals surface area contributed by atoms with Gasteiger partial charge in [0.15, 0.2) is 6.61 Å². The quantitative estimate of drug-likeness (QED) is 0.609. The maximum atomic E-state index is 13.8. The molecule has 0 unspecified atom stereocenters. The largest absolute Gasteiger partial charge is 0.484 e. The molecule has 9 heteroatoms. The van der Waals surface area contributed by atoms with Crippen molar-refractivity contribution in [3.05, 3.63) is 60.7 Å². The van der Waals surface area contributed by atoms with Gasteiger partial charge in [-0.25, -0.2) is 0 Å². The van der Waals surface area contributed by atoms with Crippen molar-refractivity contribution in [3.8, 4) is 5.75 Å². The van der Waals surface area contributed by atoms with E-state index in [1.54, 1.807) is 14.7 Å². The van der Waals surface area contributed by atoms with Gasteiger partial charge in [0.05, 0.1) is 19.9 Å². The molecular formula is C27H32N4O5. The molecular weight excluding hydrogens is 460 g/mol. The molecule has 0 saturated carbocycles. The molecule has 190 valence electrons. The van der Waals surface area contributed by atoms with Gasteiger partial charge in [-0.3, -0.25) is 14.4 Å². The van der Waals surface area contributed by atoms with Gasteiger partial charge in [0.1, 0.15) is 17.8 Å². The zero-order chi connectivity index (χ0) is 25.0. The Morgan fingerprint density at radius 3 is 2.11 bits per heavy atom. The Labute approximate surface area is 211 Å². The van der Waals surface area contributed by atoms with E-state index in [1.165, 1.54) is 0 Å². The van der Waals surface area contributed by atoms with Crippen LogP contribution >= 0.6 is 0 Å². The fraction of sp³-hybridized carbons (Fsp3) is 0.444. The predicted octanol–water partition coefficient (Wildman–Crippen LogP) is 1.59. The Morgan fingerprint density at radius 1 is 0.833 bits per heavy atom. The maximum Gasteiger partial charge on any atom is 0.260 e. The molecule has 2 aromatic carbocycles. The average molecular weight is 493 g/mol. The Hall–Kier alpha value is -3.59. The number of hydrogen-bond acceptors (Lipinski definition) is 6. The number of hydrogen-bond donors (Lipinski definition) is 0. The summed E-state index contributed by atoms with van der Waals surface area (Å²) >= 11 is 0. The Morgan fingerprint density at radius 2 is 1.44 bits per heavy atom. The number of amides is 3. The summed E-state index contributed by atoms with van der Waals surface area (Å²) in [5.74, 6) is 0.467. The number of benzene rings is 2. The number of ether oxygens (including phenoxy) is 2. The van der Waals surface area contributed by atoms with Crippen LogP contribution in [-0.2, 0) is 19.1 Å². The summed E-state index contributed by atoms with van der Waals surface area (Å²) in [6.45, 7) is 3.44. The number of morpholine rings is 1. The van der Waals surface area contributed by atoms with Crippen molar-refractivity contribution in [1.29, 1.82) is 0 Å². The van der Waals surface area contributed by atoms with Crippen LogP contribution in [0.2, 0.25) is 0 Å². The van der Waals surface area contributed by atoms with Crippen LogP contribution in [0.25, 0.3) is 0 Å². The maximum absolute atomic E-state index is 13.8. The molecule has 1 spiro atoms. The van der Waals surface area contributed by atoms with Gasteiger partial charge in [-0.2, -0.15) is 0 Å². The SMILES string of the molecule is O=C(COc1ccccc1)N1CCC2(CC1)C(=O)N(CC(=O)N1CCOCC1)CN2c1ccccc1. The van der Waals surface area contributed by atoms with Gasteiger partial charge in [-0.1, -0.05) is 36.4 Å². The lowest BCUT2D eigenvalue weighted by molar-refractivity contribution is -0.144. The van der Waals surface area contributed by atoms with Crippen molar-refractivity contribution in [1.82, 2.24) is 14.7 Å². The zero-order valence-corrected chi connectivity index (χ0v) is 20.4. The van der Waals surface area contributed by atoms with E-state index in [0.29, 0.717) is 64.7 Å². The van der Waals surface area contributed by atoms with Crippen molar-refractivity contribution in [2.45, 2.75) is 18.4 Å². The van der Waals surface area contributed by atoms with E-state index in [1.807, 2.05) is 60.7 Å². The summed E-state index contributed by atoms with van der Waals surface area (Å²) in [5, 5.41) is 0. The Balaban J connectivity index is 1.27. The lowest BCUT2D eigenvalue weighted by Crippen LogP contribution is -2.58. The summed E-state index contributed by atoms with van der Waals surface area (Å²) in [6.07, 6.45) is 1.00. The first-order chi connectivity index (χ1) is 17.6. The smallest absolute Gasteiger partial charge is 0.260 e. The Bertz CT molecular complexity index is 1070. The fourth-order valence-electron chi connectivity index (χ4n) is 5.28. The van der Waals surface area contributed by atoms with Crippen molar-refractivity contribution < 1.29 is 23.9 Å². The van der Waals surface area contributed by atoms with Crippen LogP contribution in [-0.4, -0.2) is 97.2 Å². The normalized spacial score (nSPS) is 19.6. The van der Waals surface area contributed by atoms with Gasteiger partial charge in [0.25, 0.3) is 11.8 Å². The fourth-order valence-corrected chi connectivity index (χ4v) is 5.28. The van der Waals surface area contributed by atoms with E-state index in [0.717, 1.165) is 5.69 Å². The third kappa shape index (κ3) is 4.88. The van der Waals surface area contributed by atoms with Crippen molar-refractivity contribution in [2.24, 2.45) is 0 Å². The summed E-state index contributed by atoms with van der Waals surface area (Å²) in [4.78, 5) is 46.9. The summed E-state index contributed by atoms with van der Waals surface area (Å²) < 4.78 is 11.0. The number of piperidine rings is 1. The molecule has 0 atom stereocenters. The van der Waals surface area contributed by atoms with Crippen LogP contribution in [0.1, 0.15) is 12.8 Å². The standard InChI is InChI=1S/C27H32N4O5/c32-24(29-15-17-35-18-16-29)19-30-21-31(22-7-3-1-4-8-22)27(26(30)34)11-13-28(14-12-27)25(33)20-36-23-9-5-2-6-10-23/h1-10H,11-21H2. The molecule has 3 aliphatic rings. The topological polar surface area (TPSA) is 82.6 Å². The molecule has 3 aliphatic heterocycles. The second kappa shape index (κ2) is 10.6. The number of rotatable bonds is 6. The van der Waals surface area contributed by atoms with Gasteiger partial charge in [0, 0.05) is 31.9 Å². The van der Waals surface area contributed by atoms with Crippen LogP contribution in [0.3, 0.4) is 0 Å². The molecule has 3 amide bonds. The van der Waals surface area contributed by atoms with Crippen LogP contribution in [0, 0.1) is 0 Å². The highest BCUT2D eigenvalue weighted by atomic mass is 16.5. The minimum Gasteiger partial charge on any atom is -0.484 e. The molecule has 0 bridgehead atoms. The van der Waals surface area contributed by atoms with Crippen LogP contribution in [0.15, 0.2) is 60.7 Å². The third-order valence-corrected chi connectivity index (χ3v) is 7.32. The third-order valence-electron chi connectivity index (χ3n) is 7.32. The highest BCUT2D eigenvalue weighted by molar-refractivity contribution is 5.96. The van der Waals surface area contributed by atoms with E-state index >= 15 is 0 Å². The van der Waals surface area contributed by atoms with Gasteiger partial charge in [-0.15, -0.1) is 0 Å². The van der Waals surface area contributed by atoms with E-state index in [2.05, 4.69) is 4.90 Å². The lowest BCUT2D eigenvalue weighted by Gasteiger charge is -2.43.